The van der Waals surface area contributed by atoms with Crippen molar-refractivity contribution in [3.63, 3.8) is 0 Å². The Bertz CT molecular complexity index is 484. The van der Waals surface area contributed by atoms with Crippen LogP contribution in [0.1, 0.15) is 54.8 Å². The Morgan fingerprint density at radius 1 is 1.43 bits per heavy atom. The molecule has 1 aliphatic rings. The van der Waals surface area contributed by atoms with Crippen molar-refractivity contribution in [2.24, 2.45) is 5.73 Å². The molecule has 118 valence electrons. The van der Waals surface area contributed by atoms with Crippen molar-refractivity contribution in [3.05, 3.63) is 27.2 Å². The molecule has 1 saturated heterocycles. The number of hydrogen-bond acceptors (Lipinski definition) is 3. The Balaban J connectivity index is 2.12. The summed E-state index contributed by atoms with van der Waals surface area (Å²) in [7, 11) is 1.72. The minimum absolute atomic E-state index is 0.0123. The van der Waals surface area contributed by atoms with E-state index in [2.05, 4.69) is 35.8 Å². The highest BCUT2D eigenvalue weighted by Crippen LogP contribution is 2.37. The third-order valence-corrected chi connectivity index (χ3v) is 5.18. The quantitative estimate of drug-likeness (QED) is 0.849. The first-order valence-electron chi connectivity index (χ1n) is 7.75. The first-order chi connectivity index (χ1) is 10.0. The molecule has 21 heavy (non-hydrogen) atoms. The summed E-state index contributed by atoms with van der Waals surface area (Å²) >= 11 is 3.62. The molecule has 3 nitrogen and oxygen atoms in total. The fourth-order valence-corrected chi connectivity index (χ4v) is 3.69. The maximum absolute atomic E-state index is 6.47. The second-order valence-corrected chi connectivity index (χ2v) is 6.77. The van der Waals surface area contributed by atoms with Gasteiger partial charge in [-0.1, -0.05) is 15.9 Å². The van der Waals surface area contributed by atoms with Gasteiger partial charge in [-0.25, -0.2) is 0 Å². The van der Waals surface area contributed by atoms with E-state index in [1.165, 1.54) is 24.8 Å². The van der Waals surface area contributed by atoms with E-state index in [0.29, 0.717) is 6.10 Å². The summed E-state index contributed by atoms with van der Waals surface area (Å²) in [4.78, 5) is 0. The molecule has 0 aromatic heterocycles. The molecule has 1 aliphatic heterocycles. The van der Waals surface area contributed by atoms with Crippen molar-refractivity contribution < 1.29 is 9.47 Å². The van der Waals surface area contributed by atoms with Crippen molar-refractivity contribution in [1.82, 2.24) is 0 Å². The smallest absolute Gasteiger partial charge is 0.126 e. The van der Waals surface area contributed by atoms with Crippen LogP contribution < -0.4 is 10.5 Å². The third-order valence-electron chi connectivity index (χ3n) is 4.36. The number of hydrogen-bond donors (Lipinski definition) is 1. The van der Waals surface area contributed by atoms with Crippen LogP contribution in [0.5, 0.6) is 5.75 Å². The molecule has 2 rings (SSSR count). The molecule has 2 N–H and O–H groups in total. The van der Waals surface area contributed by atoms with Crippen LogP contribution in [0.3, 0.4) is 0 Å². The second-order valence-electron chi connectivity index (χ2n) is 5.92. The van der Waals surface area contributed by atoms with Gasteiger partial charge in [0, 0.05) is 22.7 Å². The highest BCUT2D eigenvalue weighted by Gasteiger charge is 2.21. The first kappa shape index (κ1) is 16.8. The number of benzene rings is 1. The Kier molecular flexibility index (Phi) is 6.08. The molecule has 1 aromatic carbocycles. The fourth-order valence-electron chi connectivity index (χ4n) is 3.14. The Morgan fingerprint density at radius 2 is 2.19 bits per heavy atom. The monoisotopic (exact) mass is 355 g/mol. The predicted octanol–water partition coefficient (Wildman–Crippen LogP) is 4.42. The third kappa shape index (κ3) is 3.99. The van der Waals surface area contributed by atoms with Gasteiger partial charge in [0.05, 0.1) is 13.2 Å². The van der Waals surface area contributed by atoms with Gasteiger partial charge in [-0.3, -0.25) is 0 Å². The number of ether oxygens (including phenoxy) is 2. The number of nitrogens with two attached hydrogens (primary N) is 1. The lowest BCUT2D eigenvalue weighted by atomic mass is 9.93. The molecule has 0 bridgehead atoms. The lowest BCUT2D eigenvalue weighted by Crippen LogP contribution is -2.22. The maximum Gasteiger partial charge on any atom is 0.126 e. The predicted molar refractivity (Wildman–Crippen MR) is 89.9 cm³/mol. The number of halogens is 1. The summed E-state index contributed by atoms with van der Waals surface area (Å²) in [5, 5.41) is 0. The minimum Gasteiger partial charge on any atom is -0.496 e. The molecule has 2 atom stereocenters. The van der Waals surface area contributed by atoms with Gasteiger partial charge in [0.1, 0.15) is 5.75 Å². The molecule has 0 saturated carbocycles. The molecular formula is C17H26BrNO2. The van der Waals surface area contributed by atoms with E-state index in [-0.39, 0.29) is 6.04 Å². The Hall–Kier alpha value is -0.580. The average Bonchev–Trinajstić information content (AvgIpc) is 2.49. The van der Waals surface area contributed by atoms with E-state index in [4.69, 9.17) is 15.2 Å². The zero-order chi connectivity index (χ0) is 15.4. The van der Waals surface area contributed by atoms with E-state index in [1.807, 2.05) is 0 Å². The largest absolute Gasteiger partial charge is 0.496 e. The van der Waals surface area contributed by atoms with E-state index in [1.54, 1.807) is 7.11 Å². The average molecular weight is 356 g/mol. The fraction of sp³-hybridized carbons (Fsp3) is 0.647. The van der Waals surface area contributed by atoms with Crippen LogP contribution in [0.25, 0.3) is 0 Å². The van der Waals surface area contributed by atoms with Gasteiger partial charge in [-0.15, -0.1) is 0 Å². The van der Waals surface area contributed by atoms with Crippen molar-refractivity contribution >= 4 is 15.9 Å². The van der Waals surface area contributed by atoms with E-state index < -0.39 is 0 Å². The van der Waals surface area contributed by atoms with Crippen molar-refractivity contribution in [2.75, 3.05) is 13.7 Å². The van der Waals surface area contributed by atoms with E-state index >= 15 is 0 Å². The number of methoxy groups -OCH3 is 1. The van der Waals surface area contributed by atoms with Gasteiger partial charge in [-0.05, 0) is 63.1 Å². The molecule has 1 aromatic rings. The number of rotatable bonds is 5. The van der Waals surface area contributed by atoms with E-state index in [9.17, 15) is 0 Å². The molecule has 4 heteroatoms. The summed E-state index contributed by atoms with van der Waals surface area (Å²) in [5.41, 5.74) is 9.89. The van der Waals surface area contributed by atoms with Crippen LogP contribution in [0, 0.1) is 13.8 Å². The van der Waals surface area contributed by atoms with Crippen LogP contribution in [-0.2, 0) is 4.74 Å². The van der Waals surface area contributed by atoms with Gasteiger partial charge in [0.2, 0.25) is 0 Å². The van der Waals surface area contributed by atoms with Crippen molar-refractivity contribution in [1.29, 1.82) is 0 Å². The highest BCUT2D eigenvalue weighted by atomic mass is 79.9. The molecule has 0 aliphatic carbocycles. The molecule has 0 amide bonds. The topological polar surface area (TPSA) is 44.5 Å². The molecule has 2 unspecified atom stereocenters. The summed E-state index contributed by atoms with van der Waals surface area (Å²) in [6, 6.07) is 2.08. The zero-order valence-electron chi connectivity index (χ0n) is 13.2. The maximum atomic E-state index is 6.47. The highest BCUT2D eigenvalue weighted by molar-refractivity contribution is 9.10. The van der Waals surface area contributed by atoms with Gasteiger partial charge < -0.3 is 15.2 Å². The minimum atomic E-state index is -0.0123. The molecule has 1 heterocycles. The first-order valence-corrected chi connectivity index (χ1v) is 8.54. The zero-order valence-corrected chi connectivity index (χ0v) is 14.8. The van der Waals surface area contributed by atoms with Crippen molar-refractivity contribution in [2.45, 2.75) is 58.1 Å². The molecule has 0 radical (unpaired) electrons. The van der Waals surface area contributed by atoms with Crippen LogP contribution in [0.4, 0.5) is 0 Å². The summed E-state index contributed by atoms with van der Waals surface area (Å²) in [5.74, 6) is 0.924. The van der Waals surface area contributed by atoms with Crippen LogP contribution in [0.15, 0.2) is 10.5 Å². The molecule has 1 fully saturated rings. The van der Waals surface area contributed by atoms with Crippen LogP contribution in [0.2, 0.25) is 0 Å². The Labute approximate surface area is 136 Å². The van der Waals surface area contributed by atoms with E-state index in [0.717, 1.165) is 40.8 Å². The normalized spacial score (nSPS) is 20.3. The molecular weight excluding hydrogens is 330 g/mol. The van der Waals surface area contributed by atoms with Crippen LogP contribution in [-0.4, -0.2) is 19.8 Å². The lowest BCUT2D eigenvalue weighted by Gasteiger charge is -2.25. The summed E-state index contributed by atoms with van der Waals surface area (Å²) in [6.45, 7) is 5.06. The SMILES string of the molecule is COc1c(C)cc(Br)c(C)c1C(N)CCC1CCCCO1. The van der Waals surface area contributed by atoms with Crippen molar-refractivity contribution in [3.8, 4) is 5.75 Å². The Morgan fingerprint density at radius 3 is 2.81 bits per heavy atom. The summed E-state index contributed by atoms with van der Waals surface area (Å²) < 4.78 is 12.5. The summed E-state index contributed by atoms with van der Waals surface area (Å²) in [6.07, 6.45) is 5.97. The van der Waals surface area contributed by atoms with Crippen LogP contribution >= 0.6 is 15.9 Å². The van der Waals surface area contributed by atoms with Gasteiger partial charge in [-0.2, -0.15) is 0 Å². The van der Waals surface area contributed by atoms with Gasteiger partial charge >= 0.3 is 0 Å². The van der Waals surface area contributed by atoms with Gasteiger partial charge in [0.15, 0.2) is 0 Å². The number of aryl methyl sites for hydroxylation is 1. The standard InChI is InChI=1S/C17H26BrNO2/c1-11-10-14(18)12(2)16(17(11)20-3)15(19)8-7-13-6-4-5-9-21-13/h10,13,15H,4-9,19H2,1-3H3. The second kappa shape index (κ2) is 7.61. The molecule has 0 spiro atoms. The lowest BCUT2D eigenvalue weighted by molar-refractivity contribution is 0.00908. The van der Waals surface area contributed by atoms with Gasteiger partial charge in [0.25, 0.3) is 0 Å².